The van der Waals surface area contributed by atoms with Gasteiger partial charge in [0, 0.05) is 48.5 Å². The Morgan fingerprint density at radius 3 is 2.81 bits per heavy atom. The highest BCUT2D eigenvalue weighted by Crippen LogP contribution is 2.33. The maximum atomic E-state index is 14.4. The molecule has 8 heteroatoms. The van der Waals surface area contributed by atoms with E-state index in [-0.39, 0.29) is 23.5 Å². The molecule has 0 radical (unpaired) electrons. The number of fused-ring (bicyclic) bond motifs is 1. The molecule has 2 aromatic carbocycles. The van der Waals surface area contributed by atoms with Gasteiger partial charge in [0.1, 0.15) is 17.6 Å². The van der Waals surface area contributed by atoms with Crippen LogP contribution < -0.4 is 5.32 Å². The standard InChI is InChI=1S/C28H25FN6O/c1-17-10-19(12-20(29)11-17)24-15-33-25-6-5-18(27-32-9-7-21(14-30)34-27)13-23(25)26(24)28(36)35(2)16-22-4-3-8-31-22/h5-7,9-13,15,22,31H,3-4,8,16H2,1-2H3/t22-/m0/s1. The largest absolute Gasteiger partial charge is 0.340 e. The van der Waals surface area contributed by atoms with Crippen LogP contribution in [0.2, 0.25) is 0 Å². The first-order valence-electron chi connectivity index (χ1n) is 11.9. The topological polar surface area (TPSA) is 94.8 Å². The molecule has 36 heavy (non-hydrogen) atoms. The van der Waals surface area contributed by atoms with Crippen LogP contribution in [-0.4, -0.2) is 51.9 Å². The van der Waals surface area contributed by atoms with Crippen LogP contribution in [0.25, 0.3) is 33.4 Å². The van der Waals surface area contributed by atoms with Crippen LogP contribution in [0.1, 0.15) is 34.5 Å². The maximum Gasteiger partial charge on any atom is 0.255 e. The lowest BCUT2D eigenvalue weighted by atomic mass is 9.94. The Kier molecular flexibility index (Phi) is 6.40. The number of benzene rings is 2. The van der Waals surface area contributed by atoms with Crippen molar-refractivity contribution in [2.45, 2.75) is 25.8 Å². The Balaban J connectivity index is 1.69. The van der Waals surface area contributed by atoms with Crippen LogP contribution in [-0.2, 0) is 0 Å². The van der Waals surface area contributed by atoms with Gasteiger partial charge < -0.3 is 10.2 Å². The summed E-state index contributed by atoms with van der Waals surface area (Å²) in [6.07, 6.45) is 5.27. The summed E-state index contributed by atoms with van der Waals surface area (Å²) in [5.74, 6) is -0.163. The number of carbonyl (C=O) groups excluding carboxylic acids is 1. The predicted molar refractivity (Wildman–Crippen MR) is 136 cm³/mol. The molecular formula is C28H25FN6O. The highest BCUT2D eigenvalue weighted by atomic mass is 19.1. The summed E-state index contributed by atoms with van der Waals surface area (Å²) in [6.45, 7) is 3.33. The van der Waals surface area contributed by atoms with Crippen LogP contribution in [0.15, 0.2) is 54.9 Å². The van der Waals surface area contributed by atoms with Gasteiger partial charge in [0.15, 0.2) is 5.82 Å². The average Bonchev–Trinajstić information content (AvgIpc) is 3.39. The molecule has 0 spiro atoms. The molecular weight excluding hydrogens is 455 g/mol. The maximum absolute atomic E-state index is 14.4. The minimum absolute atomic E-state index is 0.170. The van der Waals surface area contributed by atoms with Crippen molar-refractivity contribution in [2.75, 3.05) is 20.1 Å². The van der Waals surface area contributed by atoms with Crippen molar-refractivity contribution in [3.05, 3.63) is 77.5 Å². The van der Waals surface area contributed by atoms with Gasteiger partial charge in [0.25, 0.3) is 5.91 Å². The molecule has 1 amide bonds. The number of amides is 1. The van der Waals surface area contributed by atoms with Gasteiger partial charge in [-0.2, -0.15) is 5.26 Å². The van der Waals surface area contributed by atoms with E-state index in [0.29, 0.717) is 45.5 Å². The zero-order valence-corrected chi connectivity index (χ0v) is 20.1. The first-order chi connectivity index (χ1) is 17.4. The van der Waals surface area contributed by atoms with Crippen LogP contribution in [0, 0.1) is 24.1 Å². The van der Waals surface area contributed by atoms with E-state index in [1.807, 2.05) is 37.3 Å². The summed E-state index contributed by atoms with van der Waals surface area (Å²) in [5, 5.41) is 13.3. The highest BCUT2D eigenvalue weighted by Gasteiger charge is 2.25. The smallest absolute Gasteiger partial charge is 0.255 e. The van der Waals surface area contributed by atoms with Crippen molar-refractivity contribution in [3.8, 4) is 28.6 Å². The van der Waals surface area contributed by atoms with Gasteiger partial charge in [-0.15, -0.1) is 0 Å². The molecule has 180 valence electrons. The third-order valence-corrected chi connectivity index (χ3v) is 6.47. The second kappa shape index (κ2) is 9.80. The van der Waals surface area contributed by atoms with Gasteiger partial charge in [0.2, 0.25) is 0 Å². The van der Waals surface area contributed by atoms with Gasteiger partial charge in [-0.3, -0.25) is 9.78 Å². The van der Waals surface area contributed by atoms with E-state index in [9.17, 15) is 14.4 Å². The molecule has 0 unspecified atom stereocenters. The van der Waals surface area contributed by atoms with Crippen molar-refractivity contribution in [3.63, 3.8) is 0 Å². The number of hydrogen-bond acceptors (Lipinski definition) is 6. The van der Waals surface area contributed by atoms with E-state index < -0.39 is 0 Å². The van der Waals surface area contributed by atoms with Gasteiger partial charge in [-0.1, -0.05) is 6.07 Å². The first-order valence-corrected chi connectivity index (χ1v) is 11.9. The average molecular weight is 481 g/mol. The number of hydrogen-bond donors (Lipinski definition) is 1. The van der Waals surface area contributed by atoms with Crippen molar-refractivity contribution >= 4 is 16.8 Å². The van der Waals surface area contributed by atoms with Crippen LogP contribution in [0.4, 0.5) is 4.39 Å². The third-order valence-electron chi connectivity index (χ3n) is 6.47. The quantitative estimate of drug-likeness (QED) is 0.452. The van der Waals surface area contributed by atoms with Crippen molar-refractivity contribution < 1.29 is 9.18 Å². The van der Waals surface area contributed by atoms with Gasteiger partial charge in [-0.25, -0.2) is 14.4 Å². The fourth-order valence-electron chi connectivity index (χ4n) is 4.75. The Hall–Kier alpha value is -4.22. The Bertz CT molecular complexity index is 1490. The van der Waals surface area contributed by atoms with Gasteiger partial charge in [-0.05, 0) is 73.8 Å². The molecule has 1 N–H and O–H groups in total. The lowest BCUT2D eigenvalue weighted by Gasteiger charge is -2.23. The molecule has 0 bridgehead atoms. The SMILES string of the molecule is Cc1cc(F)cc(-c2cnc3ccc(-c4nccc(C#N)n4)cc3c2C(=O)N(C)C[C@@H]2CCCN2)c1. The molecule has 0 saturated carbocycles. The fourth-order valence-corrected chi connectivity index (χ4v) is 4.75. The Labute approximate surface area is 208 Å². The van der Waals surface area contributed by atoms with Crippen molar-refractivity contribution in [2.24, 2.45) is 0 Å². The Morgan fingerprint density at radius 1 is 1.19 bits per heavy atom. The van der Waals surface area contributed by atoms with E-state index in [4.69, 9.17) is 0 Å². The molecule has 1 fully saturated rings. The zero-order valence-electron chi connectivity index (χ0n) is 20.1. The summed E-state index contributed by atoms with van der Waals surface area (Å²) in [6, 6.07) is 14.0. The summed E-state index contributed by atoms with van der Waals surface area (Å²) >= 11 is 0. The molecule has 1 atom stereocenters. The fraction of sp³-hybridized carbons (Fsp3) is 0.250. The van der Waals surface area contributed by atoms with E-state index in [1.165, 1.54) is 24.4 Å². The normalized spacial score (nSPS) is 15.1. The zero-order chi connectivity index (χ0) is 25.2. The molecule has 3 heterocycles. The minimum atomic E-state index is -0.373. The number of nitrogens with zero attached hydrogens (tertiary/aromatic N) is 5. The lowest BCUT2D eigenvalue weighted by molar-refractivity contribution is 0.0786. The predicted octanol–water partition coefficient (Wildman–Crippen LogP) is 4.50. The number of pyridine rings is 1. The summed E-state index contributed by atoms with van der Waals surface area (Å²) < 4.78 is 14.4. The number of nitriles is 1. The number of aromatic nitrogens is 3. The van der Waals surface area contributed by atoms with Gasteiger partial charge in [0.05, 0.1) is 11.1 Å². The van der Waals surface area contributed by atoms with Crippen LogP contribution in [0.3, 0.4) is 0 Å². The number of aryl methyl sites for hydroxylation is 1. The Morgan fingerprint density at radius 2 is 2.06 bits per heavy atom. The molecule has 7 nitrogen and oxygen atoms in total. The van der Waals surface area contributed by atoms with Crippen molar-refractivity contribution in [1.82, 2.24) is 25.2 Å². The van der Waals surface area contributed by atoms with Crippen LogP contribution >= 0.6 is 0 Å². The summed E-state index contributed by atoms with van der Waals surface area (Å²) in [5.41, 5.74) is 3.88. The number of nitrogens with one attached hydrogen (secondary N) is 1. The summed E-state index contributed by atoms with van der Waals surface area (Å²) in [4.78, 5) is 28.9. The number of likely N-dealkylation sites (N-methyl/N-ethyl adjacent to an activating group) is 1. The minimum Gasteiger partial charge on any atom is -0.340 e. The molecule has 1 aliphatic rings. The summed E-state index contributed by atoms with van der Waals surface area (Å²) in [7, 11) is 1.79. The highest BCUT2D eigenvalue weighted by molar-refractivity contribution is 6.12. The lowest BCUT2D eigenvalue weighted by Crippen LogP contribution is -2.38. The third kappa shape index (κ3) is 4.66. The van der Waals surface area contributed by atoms with E-state index in [2.05, 4.69) is 20.3 Å². The van der Waals surface area contributed by atoms with E-state index in [0.717, 1.165) is 24.9 Å². The number of halogens is 1. The molecule has 0 aliphatic carbocycles. The van der Waals surface area contributed by atoms with Crippen LogP contribution in [0.5, 0.6) is 0 Å². The number of rotatable bonds is 5. The molecule has 1 aliphatic heterocycles. The second-order valence-electron chi connectivity index (χ2n) is 9.15. The second-order valence-corrected chi connectivity index (χ2v) is 9.15. The van der Waals surface area contributed by atoms with Crippen molar-refractivity contribution in [1.29, 1.82) is 5.26 Å². The molecule has 2 aromatic heterocycles. The molecule has 1 saturated heterocycles. The first kappa shape index (κ1) is 23.5. The number of carbonyl (C=O) groups is 1. The molecule has 4 aromatic rings. The van der Waals surface area contributed by atoms with Gasteiger partial charge >= 0.3 is 0 Å². The van der Waals surface area contributed by atoms with E-state index in [1.54, 1.807) is 18.1 Å². The molecule has 5 rings (SSSR count). The monoisotopic (exact) mass is 480 g/mol. The van der Waals surface area contributed by atoms with E-state index >= 15 is 0 Å².